The highest BCUT2D eigenvalue weighted by molar-refractivity contribution is 5.93. The van der Waals surface area contributed by atoms with Gasteiger partial charge in [-0.05, 0) is 47.4 Å². The lowest BCUT2D eigenvalue weighted by molar-refractivity contribution is 0.0728. The molecule has 0 radical (unpaired) electrons. The normalized spacial score (nSPS) is 13.1. The zero-order valence-corrected chi connectivity index (χ0v) is 18.6. The molecular weight excluding hydrogens is 428 g/mol. The molecule has 1 aromatic carbocycles. The number of hydrogen-bond donors (Lipinski definition) is 1. The summed E-state index contributed by atoms with van der Waals surface area (Å²) in [6.07, 6.45) is 9.57. The Kier molecular flexibility index (Phi) is 4.83. The molecule has 0 saturated heterocycles. The van der Waals surface area contributed by atoms with Gasteiger partial charge in [-0.15, -0.1) is 0 Å². The minimum atomic E-state index is -0.0690. The Balaban J connectivity index is 1.26. The van der Waals surface area contributed by atoms with Crippen molar-refractivity contribution in [2.75, 3.05) is 13.7 Å². The SMILES string of the molecule is COc1nc2[nH]ccc2cc1-c1ccc2c(c1)CCN(C(=O)c1cc(-n3ccnc3)ccn1)C2. The van der Waals surface area contributed by atoms with Crippen LogP contribution in [0.3, 0.4) is 0 Å². The fourth-order valence-corrected chi connectivity index (χ4v) is 4.49. The van der Waals surface area contributed by atoms with E-state index in [2.05, 4.69) is 44.2 Å². The van der Waals surface area contributed by atoms with Crippen LogP contribution in [0, 0.1) is 0 Å². The topological polar surface area (TPSA) is 88.9 Å². The third kappa shape index (κ3) is 3.49. The third-order valence-electron chi connectivity index (χ3n) is 6.28. The molecule has 0 saturated carbocycles. The van der Waals surface area contributed by atoms with Crippen molar-refractivity contribution in [3.8, 4) is 22.7 Å². The molecule has 1 N–H and O–H groups in total. The van der Waals surface area contributed by atoms with Crippen molar-refractivity contribution in [3.05, 3.63) is 90.4 Å². The van der Waals surface area contributed by atoms with Crippen LogP contribution in [-0.2, 0) is 13.0 Å². The van der Waals surface area contributed by atoms with E-state index < -0.39 is 0 Å². The van der Waals surface area contributed by atoms with Crippen LogP contribution in [0.4, 0.5) is 0 Å². The quantitative estimate of drug-likeness (QED) is 0.447. The number of amides is 1. The molecule has 8 heteroatoms. The van der Waals surface area contributed by atoms with E-state index in [-0.39, 0.29) is 5.91 Å². The standard InChI is InChI=1S/C26H22N6O2/c1-34-25-22(13-19-4-7-29-24(19)30-25)18-2-3-20-15-31(10-6-17(20)12-18)26(33)23-14-21(5-8-28-23)32-11-9-27-16-32/h2-5,7-9,11-14,16H,6,10,15H2,1H3,(H,29,30). The Bertz CT molecular complexity index is 1510. The first-order chi connectivity index (χ1) is 16.7. The molecule has 4 aromatic heterocycles. The largest absolute Gasteiger partial charge is 0.480 e. The number of imidazole rings is 1. The summed E-state index contributed by atoms with van der Waals surface area (Å²) in [5.41, 5.74) is 6.49. The minimum absolute atomic E-state index is 0.0690. The van der Waals surface area contributed by atoms with Gasteiger partial charge in [-0.25, -0.2) is 4.98 Å². The van der Waals surface area contributed by atoms with E-state index in [1.54, 1.807) is 31.9 Å². The van der Waals surface area contributed by atoms with Gasteiger partial charge in [0.2, 0.25) is 5.88 Å². The van der Waals surface area contributed by atoms with E-state index in [4.69, 9.17) is 4.74 Å². The molecule has 0 bridgehead atoms. The molecule has 0 atom stereocenters. The molecule has 8 nitrogen and oxygen atoms in total. The van der Waals surface area contributed by atoms with Gasteiger partial charge in [0.05, 0.1) is 19.1 Å². The first kappa shape index (κ1) is 20.2. The van der Waals surface area contributed by atoms with Gasteiger partial charge in [0.25, 0.3) is 5.91 Å². The van der Waals surface area contributed by atoms with Crippen molar-refractivity contribution in [3.63, 3.8) is 0 Å². The summed E-state index contributed by atoms with van der Waals surface area (Å²) < 4.78 is 7.42. The Hall–Kier alpha value is -4.46. The average molecular weight is 451 g/mol. The van der Waals surface area contributed by atoms with E-state index in [0.29, 0.717) is 24.7 Å². The van der Waals surface area contributed by atoms with Crippen LogP contribution in [-0.4, -0.2) is 49.0 Å². The lowest BCUT2D eigenvalue weighted by Crippen LogP contribution is -2.36. The Morgan fingerprint density at radius 3 is 2.88 bits per heavy atom. The van der Waals surface area contributed by atoms with Gasteiger partial charge < -0.3 is 19.2 Å². The number of nitrogens with one attached hydrogen (secondary N) is 1. The molecule has 5 aromatic rings. The number of carbonyl (C=O) groups is 1. The molecule has 0 aliphatic carbocycles. The van der Waals surface area contributed by atoms with E-state index in [1.165, 1.54) is 5.56 Å². The smallest absolute Gasteiger partial charge is 0.272 e. The molecule has 6 rings (SSSR count). The second-order valence-corrected chi connectivity index (χ2v) is 8.29. The highest BCUT2D eigenvalue weighted by Gasteiger charge is 2.24. The predicted octanol–water partition coefficient (Wildman–Crippen LogP) is 4.02. The van der Waals surface area contributed by atoms with Crippen LogP contribution >= 0.6 is 0 Å². The van der Waals surface area contributed by atoms with E-state index >= 15 is 0 Å². The number of hydrogen-bond acceptors (Lipinski definition) is 5. The molecule has 0 unspecified atom stereocenters. The Morgan fingerprint density at radius 1 is 1.09 bits per heavy atom. The number of aromatic nitrogens is 5. The van der Waals surface area contributed by atoms with Gasteiger partial charge in [-0.1, -0.05) is 18.2 Å². The zero-order chi connectivity index (χ0) is 23.1. The maximum atomic E-state index is 13.2. The van der Waals surface area contributed by atoms with Gasteiger partial charge in [0, 0.05) is 48.8 Å². The highest BCUT2D eigenvalue weighted by Crippen LogP contribution is 2.33. The lowest BCUT2D eigenvalue weighted by atomic mass is 9.94. The number of nitrogens with zero attached hydrogens (tertiary/aromatic N) is 5. The number of rotatable bonds is 4. The first-order valence-corrected chi connectivity index (χ1v) is 11.1. The number of carbonyl (C=O) groups excluding carboxylic acids is 1. The van der Waals surface area contributed by atoms with Crippen LogP contribution in [0.1, 0.15) is 21.6 Å². The fourth-order valence-electron chi connectivity index (χ4n) is 4.49. The summed E-state index contributed by atoms with van der Waals surface area (Å²) in [7, 11) is 1.64. The average Bonchev–Trinajstić information content (AvgIpc) is 3.59. The van der Waals surface area contributed by atoms with Crippen molar-refractivity contribution in [1.82, 2.24) is 29.4 Å². The van der Waals surface area contributed by atoms with Crippen LogP contribution < -0.4 is 4.74 Å². The fraction of sp³-hybridized carbons (Fsp3) is 0.154. The number of fused-ring (bicyclic) bond motifs is 2. The third-order valence-corrected chi connectivity index (χ3v) is 6.28. The van der Waals surface area contributed by atoms with Crippen molar-refractivity contribution < 1.29 is 9.53 Å². The first-order valence-electron chi connectivity index (χ1n) is 11.1. The molecule has 34 heavy (non-hydrogen) atoms. The zero-order valence-electron chi connectivity index (χ0n) is 18.6. The van der Waals surface area contributed by atoms with Crippen LogP contribution in [0.2, 0.25) is 0 Å². The van der Waals surface area contributed by atoms with Crippen LogP contribution in [0.25, 0.3) is 27.8 Å². The number of methoxy groups -OCH3 is 1. The van der Waals surface area contributed by atoms with Crippen molar-refractivity contribution in [2.45, 2.75) is 13.0 Å². The molecule has 0 fully saturated rings. The second kappa shape index (κ2) is 8.15. The highest BCUT2D eigenvalue weighted by atomic mass is 16.5. The van der Waals surface area contributed by atoms with Gasteiger partial charge >= 0.3 is 0 Å². The molecule has 1 amide bonds. The summed E-state index contributed by atoms with van der Waals surface area (Å²) in [5.74, 6) is 0.520. The van der Waals surface area contributed by atoms with Gasteiger partial charge in [0.15, 0.2) is 0 Å². The minimum Gasteiger partial charge on any atom is -0.480 e. The number of pyridine rings is 2. The summed E-state index contributed by atoms with van der Waals surface area (Å²) in [4.78, 5) is 31.2. The number of ether oxygens (including phenoxy) is 1. The number of H-pyrrole nitrogens is 1. The number of benzene rings is 1. The van der Waals surface area contributed by atoms with Crippen molar-refractivity contribution >= 4 is 16.9 Å². The van der Waals surface area contributed by atoms with E-state index in [0.717, 1.165) is 39.8 Å². The summed E-state index contributed by atoms with van der Waals surface area (Å²) in [6, 6.07) is 14.1. The van der Waals surface area contributed by atoms with Gasteiger partial charge in [0.1, 0.15) is 11.3 Å². The monoisotopic (exact) mass is 450 g/mol. The predicted molar refractivity (Wildman–Crippen MR) is 128 cm³/mol. The molecular formula is C26H22N6O2. The summed E-state index contributed by atoms with van der Waals surface area (Å²) in [5, 5.41) is 1.04. The maximum absolute atomic E-state index is 13.2. The summed E-state index contributed by atoms with van der Waals surface area (Å²) >= 11 is 0. The van der Waals surface area contributed by atoms with Crippen LogP contribution in [0.15, 0.2) is 73.6 Å². The van der Waals surface area contributed by atoms with Crippen molar-refractivity contribution in [1.29, 1.82) is 0 Å². The molecule has 0 spiro atoms. The number of aromatic amines is 1. The molecule has 1 aliphatic rings. The molecule has 1 aliphatic heterocycles. The van der Waals surface area contributed by atoms with Crippen LogP contribution in [0.5, 0.6) is 5.88 Å². The lowest BCUT2D eigenvalue weighted by Gasteiger charge is -2.29. The van der Waals surface area contributed by atoms with Crippen molar-refractivity contribution in [2.24, 2.45) is 0 Å². The van der Waals surface area contributed by atoms with Gasteiger partial charge in [-0.2, -0.15) is 4.98 Å². The molecule has 168 valence electrons. The summed E-state index contributed by atoms with van der Waals surface area (Å²) in [6.45, 7) is 1.19. The second-order valence-electron chi connectivity index (χ2n) is 8.29. The van der Waals surface area contributed by atoms with E-state index in [1.807, 2.05) is 34.0 Å². The Labute approximate surface area is 195 Å². The molecule has 5 heterocycles. The Morgan fingerprint density at radius 2 is 2.03 bits per heavy atom. The van der Waals surface area contributed by atoms with Gasteiger partial charge in [-0.3, -0.25) is 9.78 Å². The van der Waals surface area contributed by atoms with E-state index in [9.17, 15) is 4.79 Å². The maximum Gasteiger partial charge on any atom is 0.272 e.